The summed E-state index contributed by atoms with van der Waals surface area (Å²) >= 11 is 4.41. The molecule has 0 spiro atoms. The Kier molecular flexibility index (Phi) is 4.65. The summed E-state index contributed by atoms with van der Waals surface area (Å²) in [7, 11) is 0. The average Bonchev–Trinajstić information content (AvgIpc) is 2.63. The summed E-state index contributed by atoms with van der Waals surface area (Å²) in [5.41, 5.74) is 1.96. The first-order chi connectivity index (χ1) is 12.4. The van der Waals surface area contributed by atoms with Gasteiger partial charge in [-0.25, -0.2) is 0 Å². The molecule has 3 rings (SSSR count). The number of hydrogen-bond donors (Lipinski definition) is 2. The smallest absolute Gasteiger partial charge is 0.269 e. The topological polar surface area (TPSA) is 99.3 Å². The highest BCUT2D eigenvalue weighted by atomic mass is 32.1. The van der Waals surface area contributed by atoms with E-state index in [1.54, 1.807) is 17.0 Å². The van der Waals surface area contributed by atoms with Crippen LogP contribution in [-0.4, -0.2) is 10.8 Å². The minimum absolute atomic E-state index is 0.0859. The molecule has 2 aromatic rings. The summed E-state index contributed by atoms with van der Waals surface area (Å²) in [6, 6.07) is 15.3. The molecule has 26 heavy (non-hydrogen) atoms. The first kappa shape index (κ1) is 17.5. The van der Waals surface area contributed by atoms with E-state index in [-0.39, 0.29) is 16.3 Å². The third-order valence-corrected chi connectivity index (χ3v) is 4.53. The first-order valence-electron chi connectivity index (χ1n) is 7.67. The maximum atomic E-state index is 12.3. The van der Waals surface area contributed by atoms with Crippen molar-refractivity contribution in [1.29, 1.82) is 5.26 Å². The van der Waals surface area contributed by atoms with Gasteiger partial charge in [0.2, 0.25) is 0 Å². The number of nitro benzene ring substituents is 1. The summed E-state index contributed by atoms with van der Waals surface area (Å²) in [6.07, 6.45) is -0.729. The fourth-order valence-corrected chi connectivity index (χ4v) is 3.21. The van der Waals surface area contributed by atoms with Crippen LogP contribution < -0.4 is 10.2 Å². The van der Waals surface area contributed by atoms with Crippen LogP contribution in [0.5, 0.6) is 0 Å². The first-order valence-corrected chi connectivity index (χ1v) is 8.12. The highest BCUT2D eigenvalue weighted by molar-refractivity contribution is 7.84. The van der Waals surface area contributed by atoms with E-state index in [0.29, 0.717) is 5.56 Å². The van der Waals surface area contributed by atoms with Gasteiger partial charge in [0.25, 0.3) is 11.6 Å². The normalized spacial score (nSPS) is 16.9. The number of nitriles is 1. The van der Waals surface area contributed by atoms with Gasteiger partial charge in [-0.1, -0.05) is 30.3 Å². The molecular formula is C18H14N4O3S. The Balaban J connectivity index is 2.20. The van der Waals surface area contributed by atoms with Gasteiger partial charge in [-0.2, -0.15) is 5.26 Å². The predicted octanol–water partition coefficient (Wildman–Crippen LogP) is 3.20. The van der Waals surface area contributed by atoms with Crippen LogP contribution in [0.15, 0.2) is 59.1 Å². The number of nitro groups is 1. The monoisotopic (exact) mass is 366 g/mol. The highest BCUT2D eigenvalue weighted by Gasteiger charge is 2.35. The lowest BCUT2D eigenvalue weighted by Crippen LogP contribution is -2.46. The molecule has 1 heterocycles. The summed E-state index contributed by atoms with van der Waals surface area (Å²) in [5.74, 6) is -0.571. The lowest BCUT2D eigenvalue weighted by atomic mass is 10.0. The van der Waals surface area contributed by atoms with E-state index in [1.807, 2.05) is 37.3 Å². The number of nitrogens with one attached hydrogen (secondary N) is 1. The zero-order chi connectivity index (χ0) is 18.8. The van der Waals surface area contributed by atoms with Crippen molar-refractivity contribution in [2.24, 2.45) is 0 Å². The summed E-state index contributed by atoms with van der Waals surface area (Å²) in [6.45, 7) is 1.89. The standard InChI is InChI=1S/C18H14N4O3S/c1-11-5-2-3-8-15(11)21-16(20-17(23)14(10-19)18(21)26)12-6-4-7-13(9-12)22(24)25/h2-9,16,26H,1H3,(H,20,23). The van der Waals surface area contributed by atoms with Gasteiger partial charge in [0.05, 0.1) is 9.95 Å². The van der Waals surface area contributed by atoms with E-state index in [4.69, 9.17) is 0 Å². The van der Waals surface area contributed by atoms with Crippen molar-refractivity contribution in [3.05, 3.63) is 80.4 Å². The second-order valence-electron chi connectivity index (χ2n) is 5.69. The van der Waals surface area contributed by atoms with Crippen LogP contribution >= 0.6 is 12.6 Å². The molecule has 8 heteroatoms. The number of non-ortho nitro benzene ring substituents is 1. The van der Waals surface area contributed by atoms with E-state index in [0.717, 1.165) is 11.3 Å². The van der Waals surface area contributed by atoms with Crippen molar-refractivity contribution in [3.8, 4) is 6.07 Å². The Morgan fingerprint density at radius 3 is 2.65 bits per heavy atom. The van der Waals surface area contributed by atoms with E-state index < -0.39 is 17.0 Å². The van der Waals surface area contributed by atoms with Crippen LogP contribution in [0.25, 0.3) is 0 Å². The Hall–Kier alpha value is -3.31. The molecule has 1 aliphatic heterocycles. The van der Waals surface area contributed by atoms with Crippen LogP contribution in [0.2, 0.25) is 0 Å². The van der Waals surface area contributed by atoms with Crippen molar-refractivity contribution < 1.29 is 9.72 Å². The van der Waals surface area contributed by atoms with Gasteiger partial charge >= 0.3 is 0 Å². The van der Waals surface area contributed by atoms with Gasteiger partial charge in [-0.3, -0.25) is 14.9 Å². The molecule has 0 bridgehead atoms. The molecule has 1 unspecified atom stereocenters. The molecule has 1 N–H and O–H groups in total. The number of rotatable bonds is 3. The number of anilines is 1. The Bertz CT molecular complexity index is 980. The summed E-state index contributed by atoms with van der Waals surface area (Å²) in [4.78, 5) is 24.6. The number of hydrogen-bond acceptors (Lipinski definition) is 6. The van der Waals surface area contributed by atoms with Gasteiger partial charge < -0.3 is 10.2 Å². The van der Waals surface area contributed by atoms with Gasteiger partial charge in [-0.05, 0) is 18.6 Å². The van der Waals surface area contributed by atoms with Crippen molar-refractivity contribution >= 4 is 29.9 Å². The summed E-state index contributed by atoms with van der Waals surface area (Å²) < 4.78 is 0. The second kappa shape index (κ2) is 6.90. The van der Waals surface area contributed by atoms with E-state index in [2.05, 4.69) is 17.9 Å². The summed E-state index contributed by atoms with van der Waals surface area (Å²) in [5, 5.41) is 23.3. The van der Waals surface area contributed by atoms with Crippen LogP contribution in [0.4, 0.5) is 11.4 Å². The minimum Gasteiger partial charge on any atom is -0.327 e. The molecule has 0 saturated heterocycles. The quantitative estimate of drug-likeness (QED) is 0.494. The molecule has 0 aliphatic carbocycles. The Labute approximate surface area is 155 Å². The maximum absolute atomic E-state index is 12.3. The minimum atomic E-state index is -0.729. The number of carbonyl (C=O) groups is 1. The molecule has 130 valence electrons. The predicted molar refractivity (Wildman–Crippen MR) is 99.3 cm³/mol. The van der Waals surface area contributed by atoms with Crippen molar-refractivity contribution in [3.63, 3.8) is 0 Å². The van der Waals surface area contributed by atoms with Gasteiger partial charge in [0.15, 0.2) is 0 Å². The SMILES string of the molecule is Cc1ccccc1N1C(S)=C(C#N)C(=O)NC1c1cccc([N+](=O)[O-])c1. The van der Waals surface area contributed by atoms with E-state index in [9.17, 15) is 20.2 Å². The van der Waals surface area contributed by atoms with Crippen LogP contribution in [0.1, 0.15) is 17.3 Å². The Morgan fingerprint density at radius 2 is 2.00 bits per heavy atom. The third-order valence-electron chi connectivity index (χ3n) is 4.09. The number of nitrogens with zero attached hydrogens (tertiary/aromatic N) is 3. The molecule has 7 nitrogen and oxygen atoms in total. The molecule has 0 saturated carbocycles. The zero-order valence-electron chi connectivity index (χ0n) is 13.7. The van der Waals surface area contributed by atoms with Crippen molar-refractivity contribution in [2.75, 3.05) is 4.90 Å². The van der Waals surface area contributed by atoms with Gasteiger partial charge in [-0.15, -0.1) is 12.6 Å². The lowest BCUT2D eigenvalue weighted by molar-refractivity contribution is -0.384. The van der Waals surface area contributed by atoms with Crippen LogP contribution in [0, 0.1) is 28.4 Å². The number of amides is 1. The maximum Gasteiger partial charge on any atom is 0.269 e. The highest BCUT2D eigenvalue weighted by Crippen LogP contribution is 2.37. The fraction of sp³-hybridized carbons (Fsp3) is 0.111. The lowest BCUT2D eigenvalue weighted by Gasteiger charge is -2.38. The Morgan fingerprint density at radius 1 is 1.27 bits per heavy atom. The van der Waals surface area contributed by atoms with E-state index >= 15 is 0 Å². The number of aryl methyl sites for hydroxylation is 1. The molecule has 0 radical (unpaired) electrons. The molecule has 0 fully saturated rings. The molecule has 0 aromatic heterocycles. The zero-order valence-corrected chi connectivity index (χ0v) is 14.6. The number of benzene rings is 2. The third kappa shape index (κ3) is 3.00. The molecule has 1 aliphatic rings. The average molecular weight is 366 g/mol. The van der Waals surface area contributed by atoms with Crippen LogP contribution in [0.3, 0.4) is 0 Å². The molecule has 2 aromatic carbocycles. The van der Waals surface area contributed by atoms with Gasteiger partial charge in [0, 0.05) is 23.4 Å². The second-order valence-corrected chi connectivity index (χ2v) is 6.12. The molecule has 1 atom stereocenters. The molecule has 1 amide bonds. The van der Waals surface area contributed by atoms with Crippen molar-refractivity contribution in [1.82, 2.24) is 5.32 Å². The van der Waals surface area contributed by atoms with E-state index in [1.165, 1.54) is 12.1 Å². The molecular weight excluding hydrogens is 352 g/mol. The fourth-order valence-electron chi connectivity index (χ4n) is 2.83. The van der Waals surface area contributed by atoms with Crippen molar-refractivity contribution in [2.45, 2.75) is 13.1 Å². The number of carbonyl (C=O) groups excluding carboxylic acids is 1. The largest absolute Gasteiger partial charge is 0.327 e. The number of thiol groups is 1. The van der Waals surface area contributed by atoms with Gasteiger partial charge in [0.1, 0.15) is 17.8 Å². The van der Waals surface area contributed by atoms with Crippen LogP contribution in [-0.2, 0) is 4.79 Å². The number of para-hydroxylation sites is 1.